The normalized spacial score (nSPS) is 16.2. The van der Waals surface area contributed by atoms with Crippen molar-refractivity contribution < 1.29 is 22.8 Å². The maximum Gasteiger partial charge on any atom is 0.264 e. The van der Waals surface area contributed by atoms with E-state index in [4.69, 9.17) is 4.84 Å². The number of halogens is 3. The zero-order valence-electron chi connectivity index (χ0n) is 14.1. The fourth-order valence-electron chi connectivity index (χ4n) is 2.72. The fourth-order valence-corrected chi connectivity index (χ4v) is 2.72. The van der Waals surface area contributed by atoms with Crippen molar-refractivity contribution in [1.29, 1.82) is 0 Å². The second-order valence-corrected chi connectivity index (χ2v) is 6.14. The third-order valence-corrected chi connectivity index (χ3v) is 4.14. The molecule has 1 amide bonds. The van der Waals surface area contributed by atoms with Crippen molar-refractivity contribution in [2.24, 2.45) is 5.16 Å². The molecule has 1 atom stereocenters. The van der Waals surface area contributed by atoms with E-state index in [2.05, 4.69) is 10.5 Å². The molecule has 136 valence electrons. The first-order valence-electron chi connectivity index (χ1n) is 8.11. The van der Waals surface area contributed by atoms with Crippen molar-refractivity contribution in [3.63, 3.8) is 0 Å². The Labute approximate surface area is 148 Å². The minimum atomic E-state index is -0.866. The summed E-state index contributed by atoms with van der Waals surface area (Å²) in [5, 5.41) is 6.32. The van der Waals surface area contributed by atoms with Crippen LogP contribution in [0, 0.1) is 24.4 Å². The van der Waals surface area contributed by atoms with Gasteiger partial charge in [0.05, 0.1) is 5.71 Å². The summed E-state index contributed by atoms with van der Waals surface area (Å²) in [4.78, 5) is 17.3. The van der Waals surface area contributed by atoms with Crippen molar-refractivity contribution in [3.05, 3.63) is 70.5 Å². The zero-order chi connectivity index (χ0) is 18.7. The Morgan fingerprint density at radius 3 is 2.85 bits per heavy atom. The standard InChI is InChI=1S/C19H17F3N2O2/c1-11-5-6-16(21)15(18(11)22)10-23-19(25)17-9-14(24-26-17)8-12-3-2-4-13(20)7-12/h2-7,17H,8-10H2,1H3,(H,23,25)/t17-/m1/s1. The first kappa shape index (κ1) is 18.0. The molecule has 1 aliphatic rings. The van der Waals surface area contributed by atoms with Crippen LogP contribution in [0.3, 0.4) is 0 Å². The van der Waals surface area contributed by atoms with Crippen LogP contribution < -0.4 is 5.32 Å². The molecule has 0 unspecified atom stereocenters. The van der Waals surface area contributed by atoms with E-state index in [1.807, 2.05) is 0 Å². The van der Waals surface area contributed by atoms with Crippen LogP contribution in [0.2, 0.25) is 0 Å². The molecule has 4 nitrogen and oxygen atoms in total. The lowest BCUT2D eigenvalue weighted by atomic mass is 10.0. The molecule has 0 radical (unpaired) electrons. The van der Waals surface area contributed by atoms with Gasteiger partial charge in [0.2, 0.25) is 6.10 Å². The number of carbonyl (C=O) groups excluding carboxylic acids is 1. The van der Waals surface area contributed by atoms with Crippen molar-refractivity contribution in [2.45, 2.75) is 32.4 Å². The van der Waals surface area contributed by atoms with Gasteiger partial charge < -0.3 is 10.2 Å². The largest absolute Gasteiger partial charge is 0.382 e. The maximum atomic E-state index is 14.0. The van der Waals surface area contributed by atoms with Crippen LogP contribution >= 0.6 is 0 Å². The number of hydrogen-bond donors (Lipinski definition) is 1. The highest BCUT2D eigenvalue weighted by molar-refractivity contribution is 5.93. The maximum absolute atomic E-state index is 14.0. The average Bonchev–Trinajstić information content (AvgIpc) is 3.07. The van der Waals surface area contributed by atoms with Crippen molar-refractivity contribution in [3.8, 4) is 0 Å². The van der Waals surface area contributed by atoms with E-state index < -0.39 is 23.6 Å². The summed E-state index contributed by atoms with van der Waals surface area (Å²) in [6.07, 6.45) is -0.265. The Hall–Kier alpha value is -2.83. The molecule has 3 rings (SSSR count). The SMILES string of the molecule is Cc1ccc(F)c(CNC(=O)[C@H]2CC(Cc3cccc(F)c3)=NO2)c1F. The number of carbonyl (C=O) groups is 1. The van der Waals surface area contributed by atoms with Gasteiger partial charge >= 0.3 is 0 Å². The molecule has 2 aromatic rings. The van der Waals surface area contributed by atoms with Crippen LogP contribution in [-0.4, -0.2) is 17.7 Å². The van der Waals surface area contributed by atoms with Crippen LogP contribution in [0.5, 0.6) is 0 Å². The van der Waals surface area contributed by atoms with Gasteiger partial charge in [-0.25, -0.2) is 13.2 Å². The van der Waals surface area contributed by atoms with E-state index in [1.165, 1.54) is 25.1 Å². The van der Waals surface area contributed by atoms with Crippen LogP contribution in [0.4, 0.5) is 13.2 Å². The summed E-state index contributed by atoms with van der Waals surface area (Å²) >= 11 is 0. The van der Waals surface area contributed by atoms with E-state index in [0.29, 0.717) is 17.7 Å². The molecule has 7 heteroatoms. The van der Waals surface area contributed by atoms with E-state index in [9.17, 15) is 18.0 Å². The topological polar surface area (TPSA) is 50.7 Å². The third-order valence-electron chi connectivity index (χ3n) is 4.14. The van der Waals surface area contributed by atoms with Crippen LogP contribution in [0.1, 0.15) is 23.1 Å². The number of hydrogen-bond acceptors (Lipinski definition) is 3. The van der Waals surface area contributed by atoms with Gasteiger partial charge in [0.15, 0.2) is 0 Å². The predicted octanol–water partition coefficient (Wildman–Crippen LogP) is 3.42. The Morgan fingerprint density at radius 1 is 1.27 bits per heavy atom. The number of aryl methyl sites for hydroxylation is 1. The molecule has 0 saturated heterocycles. The lowest BCUT2D eigenvalue weighted by Crippen LogP contribution is -2.35. The lowest BCUT2D eigenvalue weighted by Gasteiger charge is -2.11. The predicted molar refractivity (Wildman–Crippen MR) is 90.0 cm³/mol. The highest BCUT2D eigenvalue weighted by atomic mass is 19.1. The average molecular weight is 362 g/mol. The second-order valence-electron chi connectivity index (χ2n) is 6.14. The molecule has 0 fully saturated rings. The molecular weight excluding hydrogens is 345 g/mol. The number of benzene rings is 2. The van der Waals surface area contributed by atoms with Crippen molar-refractivity contribution in [1.82, 2.24) is 5.32 Å². The van der Waals surface area contributed by atoms with Crippen molar-refractivity contribution >= 4 is 11.6 Å². The van der Waals surface area contributed by atoms with Gasteiger partial charge in [-0.05, 0) is 36.2 Å². The summed E-state index contributed by atoms with van der Waals surface area (Å²) in [7, 11) is 0. The van der Waals surface area contributed by atoms with E-state index >= 15 is 0 Å². The van der Waals surface area contributed by atoms with Crippen LogP contribution in [-0.2, 0) is 22.6 Å². The van der Waals surface area contributed by atoms with Crippen molar-refractivity contribution in [2.75, 3.05) is 0 Å². The Balaban J connectivity index is 1.55. The summed E-state index contributed by atoms with van der Waals surface area (Å²) in [6.45, 7) is 1.24. The molecule has 2 aromatic carbocycles. The molecule has 26 heavy (non-hydrogen) atoms. The number of amides is 1. The second kappa shape index (κ2) is 7.59. The molecule has 0 bridgehead atoms. The van der Waals surface area contributed by atoms with Crippen LogP contribution in [0.15, 0.2) is 41.6 Å². The summed E-state index contributed by atoms with van der Waals surface area (Å²) in [5.41, 5.74) is 1.42. The smallest absolute Gasteiger partial charge is 0.264 e. The fraction of sp³-hybridized carbons (Fsp3) is 0.263. The van der Waals surface area contributed by atoms with E-state index in [1.54, 1.807) is 12.1 Å². The molecule has 0 aromatic heterocycles. The number of nitrogens with one attached hydrogen (secondary N) is 1. The molecule has 0 spiro atoms. The molecular formula is C19H17F3N2O2. The molecule has 1 N–H and O–H groups in total. The number of rotatable bonds is 5. The first-order chi connectivity index (χ1) is 12.4. The van der Waals surface area contributed by atoms with Gasteiger partial charge in [0.1, 0.15) is 17.5 Å². The molecule has 1 heterocycles. The third kappa shape index (κ3) is 4.04. The molecule has 0 aliphatic carbocycles. The van der Waals surface area contributed by atoms with Gasteiger partial charge in [0.25, 0.3) is 5.91 Å². The van der Waals surface area contributed by atoms with Gasteiger partial charge in [-0.3, -0.25) is 4.79 Å². The monoisotopic (exact) mass is 362 g/mol. The first-order valence-corrected chi connectivity index (χ1v) is 8.11. The Bertz CT molecular complexity index is 868. The molecule has 0 saturated carbocycles. The number of oxime groups is 1. The highest BCUT2D eigenvalue weighted by Crippen LogP contribution is 2.18. The lowest BCUT2D eigenvalue weighted by molar-refractivity contribution is -0.131. The number of nitrogens with zero attached hydrogens (tertiary/aromatic N) is 1. The minimum Gasteiger partial charge on any atom is -0.382 e. The Kier molecular flexibility index (Phi) is 5.25. The van der Waals surface area contributed by atoms with Gasteiger partial charge in [0, 0.05) is 24.9 Å². The summed E-state index contributed by atoms with van der Waals surface area (Å²) in [5.74, 6) is -2.26. The van der Waals surface area contributed by atoms with Gasteiger partial charge in [-0.15, -0.1) is 0 Å². The van der Waals surface area contributed by atoms with Crippen LogP contribution in [0.25, 0.3) is 0 Å². The minimum absolute atomic E-state index is 0.197. The van der Waals surface area contributed by atoms with E-state index in [0.717, 1.165) is 11.6 Å². The quantitative estimate of drug-likeness (QED) is 0.886. The van der Waals surface area contributed by atoms with Gasteiger partial charge in [-0.2, -0.15) is 0 Å². The Morgan fingerprint density at radius 2 is 2.08 bits per heavy atom. The highest BCUT2D eigenvalue weighted by Gasteiger charge is 2.28. The van der Waals surface area contributed by atoms with Gasteiger partial charge in [-0.1, -0.05) is 23.4 Å². The summed E-state index contributed by atoms with van der Waals surface area (Å²) in [6, 6.07) is 8.57. The summed E-state index contributed by atoms with van der Waals surface area (Å²) < 4.78 is 40.9. The molecule has 1 aliphatic heterocycles. The van der Waals surface area contributed by atoms with E-state index in [-0.39, 0.29) is 24.3 Å². The zero-order valence-corrected chi connectivity index (χ0v) is 14.1.